The first-order valence-corrected chi connectivity index (χ1v) is 9.01. The zero-order valence-corrected chi connectivity index (χ0v) is 12.1. The maximum Gasteiger partial charge on any atom is 0.241 e. The maximum absolute atomic E-state index is 11.5. The van der Waals surface area contributed by atoms with Gasteiger partial charge in [-0.1, -0.05) is 28.0 Å². The van der Waals surface area contributed by atoms with Gasteiger partial charge in [0.05, 0.1) is 0 Å². The van der Waals surface area contributed by atoms with E-state index < -0.39 is 0 Å². The van der Waals surface area contributed by atoms with Gasteiger partial charge < -0.3 is 0 Å². The van der Waals surface area contributed by atoms with Crippen molar-refractivity contribution in [2.45, 2.75) is 50.2 Å². The minimum absolute atomic E-state index is 0.0391. The molecule has 1 aliphatic heterocycles. The summed E-state index contributed by atoms with van der Waals surface area (Å²) in [5.41, 5.74) is 4.96. The molecule has 1 saturated heterocycles. The smallest absolute Gasteiger partial charge is 0.241 e. The second-order valence-electron chi connectivity index (χ2n) is 4.89. The quantitative estimate of drug-likeness (QED) is 0.447. The van der Waals surface area contributed by atoms with Crippen LogP contribution in [0.5, 0.6) is 0 Å². The van der Waals surface area contributed by atoms with E-state index in [-0.39, 0.29) is 17.7 Å². The monoisotopic (exact) mass is 288 g/mol. The number of rotatable bonds is 6. The number of carbonyl (C=O) groups excluding carboxylic acids is 2. The summed E-state index contributed by atoms with van der Waals surface area (Å²) in [5, 5.41) is 0.785. The summed E-state index contributed by atoms with van der Waals surface area (Å²) in [5.74, 6) is 1.30. The van der Waals surface area contributed by atoms with E-state index in [0.29, 0.717) is 6.42 Å². The normalized spacial score (nSPS) is 22.8. The maximum atomic E-state index is 11.5. The van der Waals surface area contributed by atoms with Gasteiger partial charge in [-0.2, -0.15) is 0 Å². The number of amides is 2. The zero-order valence-electron chi connectivity index (χ0n) is 10.4. The van der Waals surface area contributed by atoms with Gasteiger partial charge in [0.2, 0.25) is 11.8 Å². The summed E-state index contributed by atoms with van der Waals surface area (Å²) in [6.07, 6.45) is 6.94. The van der Waals surface area contributed by atoms with Crippen molar-refractivity contribution >= 4 is 33.4 Å². The summed E-state index contributed by atoms with van der Waals surface area (Å²) >= 11 is 0. The Labute approximate surface area is 116 Å². The SMILES string of the molecule is O=C(CCCCC1CCSS1)NNC(=O)C1CC1. The number of hydrogen-bond acceptors (Lipinski definition) is 4. The lowest BCUT2D eigenvalue weighted by Gasteiger charge is -2.08. The Hall–Kier alpha value is -0.360. The molecule has 2 rings (SSSR count). The Balaban J connectivity index is 1.45. The van der Waals surface area contributed by atoms with Crippen molar-refractivity contribution in [3.63, 3.8) is 0 Å². The van der Waals surface area contributed by atoms with Crippen LogP contribution in [-0.4, -0.2) is 22.8 Å². The number of carbonyl (C=O) groups is 2. The van der Waals surface area contributed by atoms with Crippen molar-refractivity contribution < 1.29 is 9.59 Å². The highest BCUT2D eigenvalue weighted by atomic mass is 33.1. The summed E-state index contributed by atoms with van der Waals surface area (Å²) in [4.78, 5) is 22.7. The average molecular weight is 288 g/mol. The molecule has 2 aliphatic rings. The predicted octanol–water partition coefficient (Wildman–Crippen LogP) is 2.26. The molecule has 0 aromatic carbocycles. The van der Waals surface area contributed by atoms with Crippen molar-refractivity contribution in [1.29, 1.82) is 0 Å². The standard InChI is InChI=1S/C12H20N2O2S2/c15-11(13-14-12(16)9-5-6-9)4-2-1-3-10-7-8-17-18-10/h9-10H,1-8H2,(H,13,15)(H,14,16). The van der Waals surface area contributed by atoms with Crippen LogP contribution in [0.2, 0.25) is 0 Å². The Morgan fingerprint density at radius 3 is 2.61 bits per heavy atom. The second kappa shape index (κ2) is 7.28. The minimum Gasteiger partial charge on any atom is -0.273 e. The molecule has 1 saturated carbocycles. The average Bonchev–Trinajstić information content (AvgIpc) is 3.10. The van der Waals surface area contributed by atoms with Gasteiger partial charge in [-0.05, 0) is 32.1 Å². The fourth-order valence-electron chi connectivity index (χ4n) is 1.86. The summed E-state index contributed by atoms with van der Waals surface area (Å²) in [7, 11) is 3.94. The van der Waals surface area contributed by atoms with Crippen LogP contribution in [0.1, 0.15) is 44.9 Å². The lowest BCUT2D eigenvalue weighted by molar-refractivity contribution is -0.129. The van der Waals surface area contributed by atoms with E-state index in [1.807, 2.05) is 21.6 Å². The number of hydrogen-bond donors (Lipinski definition) is 2. The van der Waals surface area contributed by atoms with E-state index >= 15 is 0 Å². The molecule has 0 aromatic heterocycles. The number of hydrazine groups is 1. The third kappa shape index (κ3) is 5.10. The van der Waals surface area contributed by atoms with Crippen molar-refractivity contribution in [3.8, 4) is 0 Å². The van der Waals surface area contributed by atoms with Crippen molar-refractivity contribution in [1.82, 2.24) is 10.9 Å². The summed E-state index contributed by atoms with van der Waals surface area (Å²) in [6, 6.07) is 0. The Bertz CT molecular complexity index is 302. The highest BCUT2D eigenvalue weighted by Gasteiger charge is 2.29. The van der Waals surface area contributed by atoms with Crippen molar-refractivity contribution in [3.05, 3.63) is 0 Å². The topological polar surface area (TPSA) is 58.2 Å². The molecule has 2 N–H and O–H groups in total. The van der Waals surface area contributed by atoms with Gasteiger partial charge >= 0.3 is 0 Å². The van der Waals surface area contributed by atoms with E-state index in [4.69, 9.17) is 0 Å². The number of nitrogens with one attached hydrogen (secondary N) is 2. The Morgan fingerprint density at radius 2 is 1.94 bits per heavy atom. The van der Waals surface area contributed by atoms with Gasteiger partial charge in [-0.15, -0.1) is 0 Å². The lowest BCUT2D eigenvalue weighted by Crippen LogP contribution is -2.42. The lowest BCUT2D eigenvalue weighted by atomic mass is 10.1. The van der Waals surface area contributed by atoms with E-state index in [0.717, 1.165) is 30.9 Å². The van der Waals surface area contributed by atoms with Crippen LogP contribution in [0.25, 0.3) is 0 Å². The molecular weight excluding hydrogens is 268 g/mol. The molecular formula is C12H20N2O2S2. The number of unbranched alkanes of at least 4 members (excludes halogenated alkanes) is 1. The zero-order chi connectivity index (χ0) is 12.8. The summed E-state index contributed by atoms with van der Waals surface area (Å²) < 4.78 is 0. The first-order chi connectivity index (χ1) is 8.75. The predicted molar refractivity (Wildman–Crippen MR) is 75.9 cm³/mol. The fourth-order valence-corrected chi connectivity index (χ4v) is 4.89. The van der Waals surface area contributed by atoms with Gasteiger partial charge in [0.25, 0.3) is 0 Å². The molecule has 18 heavy (non-hydrogen) atoms. The van der Waals surface area contributed by atoms with Gasteiger partial charge in [0, 0.05) is 23.3 Å². The van der Waals surface area contributed by atoms with Crippen LogP contribution in [0, 0.1) is 5.92 Å². The molecule has 0 aromatic rings. The highest BCUT2D eigenvalue weighted by Crippen LogP contribution is 2.39. The minimum atomic E-state index is -0.0718. The van der Waals surface area contributed by atoms with E-state index in [1.165, 1.54) is 18.6 Å². The molecule has 2 fully saturated rings. The van der Waals surface area contributed by atoms with Crippen molar-refractivity contribution in [2.24, 2.45) is 5.92 Å². The van der Waals surface area contributed by atoms with Crippen LogP contribution in [0.3, 0.4) is 0 Å². The van der Waals surface area contributed by atoms with Crippen LogP contribution < -0.4 is 10.9 Å². The fraction of sp³-hybridized carbons (Fsp3) is 0.833. The molecule has 0 spiro atoms. The highest BCUT2D eigenvalue weighted by molar-refractivity contribution is 8.77. The van der Waals surface area contributed by atoms with Gasteiger partial charge in [-0.3, -0.25) is 20.4 Å². The second-order valence-corrected chi connectivity index (χ2v) is 7.67. The molecule has 1 unspecified atom stereocenters. The molecule has 102 valence electrons. The molecule has 4 nitrogen and oxygen atoms in total. The third-order valence-corrected chi connectivity index (χ3v) is 6.19. The first kappa shape index (κ1) is 14.1. The first-order valence-electron chi connectivity index (χ1n) is 6.62. The van der Waals surface area contributed by atoms with Crippen LogP contribution >= 0.6 is 21.6 Å². The molecule has 1 atom stereocenters. The van der Waals surface area contributed by atoms with Gasteiger partial charge in [0.15, 0.2) is 0 Å². The Morgan fingerprint density at radius 1 is 1.11 bits per heavy atom. The van der Waals surface area contributed by atoms with E-state index in [9.17, 15) is 9.59 Å². The Kier molecular flexibility index (Phi) is 5.69. The largest absolute Gasteiger partial charge is 0.273 e. The summed E-state index contributed by atoms with van der Waals surface area (Å²) in [6.45, 7) is 0. The molecule has 1 heterocycles. The van der Waals surface area contributed by atoms with E-state index in [1.54, 1.807) is 0 Å². The van der Waals surface area contributed by atoms with Crippen LogP contribution in [-0.2, 0) is 9.59 Å². The molecule has 0 bridgehead atoms. The molecule has 2 amide bonds. The van der Waals surface area contributed by atoms with E-state index in [2.05, 4.69) is 10.9 Å². The van der Waals surface area contributed by atoms with Crippen molar-refractivity contribution in [2.75, 3.05) is 5.75 Å². The van der Waals surface area contributed by atoms with Crippen LogP contribution in [0.4, 0.5) is 0 Å². The van der Waals surface area contributed by atoms with Gasteiger partial charge in [-0.25, -0.2) is 0 Å². The van der Waals surface area contributed by atoms with Crippen LogP contribution in [0.15, 0.2) is 0 Å². The van der Waals surface area contributed by atoms with Gasteiger partial charge in [0.1, 0.15) is 0 Å². The third-order valence-electron chi connectivity index (χ3n) is 3.18. The molecule has 1 aliphatic carbocycles. The molecule has 0 radical (unpaired) electrons. The molecule has 6 heteroatoms.